The van der Waals surface area contributed by atoms with E-state index in [1.165, 1.54) is 0 Å². The van der Waals surface area contributed by atoms with Gasteiger partial charge in [0.2, 0.25) is 0 Å². The number of morpholine rings is 1. The smallest absolute Gasteiger partial charge is 0.295 e. The van der Waals surface area contributed by atoms with Crippen LogP contribution < -0.4 is 9.47 Å². The summed E-state index contributed by atoms with van der Waals surface area (Å²) in [6.45, 7) is 6.54. The highest BCUT2D eigenvalue weighted by atomic mass is 16.5. The Kier molecular flexibility index (Phi) is 8.78. The molecule has 0 radical (unpaired) electrons. The Morgan fingerprint density at radius 2 is 1.65 bits per heavy atom. The maximum absolute atomic E-state index is 13.4. The fraction of sp³-hybridized carbons (Fsp3) is 0.312. The third-order valence-electron chi connectivity index (χ3n) is 7.16. The van der Waals surface area contributed by atoms with E-state index in [0.29, 0.717) is 56.6 Å². The lowest BCUT2D eigenvalue weighted by Gasteiger charge is -2.31. The van der Waals surface area contributed by atoms with Crippen molar-refractivity contribution in [1.29, 1.82) is 0 Å². The molecule has 5 rings (SSSR count). The van der Waals surface area contributed by atoms with Crippen molar-refractivity contribution in [3.8, 4) is 11.5 Å². The molecule has 2 fully saturated rings. The monoisotopic (exact) mass is 542 g/mol. The van der Waals surface area contributed by atoms with E-state index in [0.717, 1.165) is 24.2 Å². The summed E-state index contributed by atoms with van der Waals surface area (Å²) in [5.41, 5.74) is 2.26. The van der Waals surface area contributed by atoms with Crippen molar-refractivity contribution in [3.63, 3.8) is 0 Å². The van der Waals surface area contributed by atoms with Crippen molar-refractivity contribution in [2.24, 2.45) is 0 Å². The Morgan fingerprint density at radius 1 is 0.900 bits per heavy atom. The molecular weight excluding hydrogens is 508 g/mol. The van der Waals surface area contributed by atoms with Crippen LogP contribution in [0.25, 0.3) is 5.76 Å². The van der Waals surface area contributed by atoms with E-state index in [9.17, 15) is 14.7 Å². The predicted octanol–water partition coefficient (Wildman–Crippen LogP) is 4.42. The fourth-order valence-electron chi connectivity index (χ4n) is 5.07. The van der Waals surface area contributed by atoms with Crippen LogP contribution in [0.1, 0.15) is 29.7 Å². The van der Waals surface area contributed by atoms with Gasteiger partial charge in [-0.3, -0.25) is 14.5 Å². The normalized spacial score (nSPS) is 19.1. The molecule has 0 bridgehead atoms. The summed E-state index contributed by atoms with van der Waals surface area (Å²) in [6, 6.07) is 23.4. The number of aliphatic hydroxyl groups is 1. The molecule has 2 heterocycles. The lowest BCUT2D eigenvalue weighted by molar-refractivity contribution is -0.140. The molecule has 40 heavy (non-hydrogen) atoms. The number of hydrogen-bond acceptors (Lipinski definition) is 7. The van der Waals surface area contributed by atoms with Crippen LogP contribution in [0, 0.1) is 0 Å². The van der Waals surface area contributed by atoms with Crippen molar-refractivity contribution in [3.05, 3.63) is 101 Å². The first-order valence-corrected chi connectivity index (χ1v) is 13.6. The topological polar surface area (TPSA) is 88.5 Å². The van der Waals surface area contributed by atoms with Gasteiger partial charge in [0.1, 0.15) is 23.9 Å². The minimum absolute atomic E-state index is 0.0681. The number of benzene rings is 3. The molecule has 0 aliphatic carbocycles. The van der Waals surface area contributed by atoms with E-state index in [-0.39, 0.29) is 11.3 Å². The lowest BCUT2D eigenvalue weighted by Crippen LogP contribution is -2.42. The Labute approximate surface area is 234 Å². The number of amides is 1. The summed E-state index contributed by atoms with van der Waals surface area (Å²) in [7, 11) is 0. The zero-order valence-electron chi connectivity index (χ0n) is 22.6. The number of likely N-dealkylation sites (tertiary alicyclic amines) is 1. The first-order valence-electron chi connectivity index (χ1n) is 13.6. The summed E-state index contributed by atoms with van der Waals surface area (Å²) < 4.78 is 17.0. The Balaban J connectivity index is 1.46. The number of rotatable bonds is 10. The summed E-state index contributed by atoms with van der Waals surface area (Å²) in [4.78, 5) is 30.5. The van der Waals surface area contributed by atoms with Crippen LogP contribution in [0.4, 0.5) is 0 Å². The molecule has 1 atom stereocenters. The summed E-state index contributed by atoms with van der Waals surface area (Å²) in [6.07, 6.45) is 0. The van der Waals surface area contributed by atoms with Gasteiger partial charge in [0.05, 0.1) is 31.4 Å². The highest BCUT2D eigenvalue weighted by Gasteiger charge is 2.46. The Morgan fingerprint density at radius 3 is 2.38 bits per heavy atom. The number of ether oxygens (including phenoxy) is 3. The highest BCUT2D eigenvalue weighted by Crippen LogP contribution is 2.40. The van der Waals surface area contributed by atoms with Gasteiger partial charge >= 0.3 is 0 Å². The number of aliphatic hydroxyl groups excluding tert-OH is 1. The average molecular weight is 543 g/mol. The van der Waals surface area contributed by atoms with E-state index in [1.54, 1.807) is 29.2 Å². The Hall–Kier alpha value is -4.14. The van der Waals surface area contributed by atoms with Gasteiger partial charge in [-0.1, -0.05) is 54.6 Å². The molecule has 2 aliphatic rings. The molecule has 3 aromatic rings. The molecule has 1 unspecified atom stereocenters. The molecule has 0 spiro atoms. The second kappa shape index (κ2) is 12.8. The van der Waals surface area contributed by atoms with Crippen LogP contribution in [-0.4, -0.2) is 72.6 Å². The maximum Gasteiger partial charge on any atom is 0.295 e. The molecule has 208 valence electrons. The van der Waals surface area contributed by atoms with Gasteiger partial charge in [0.25, 0.3) is 11.7 Å². The van der Waals surface area contributed by atoms with Gasteiger partial charge in [-0.2, -0.15) is 0 Å². The van der Waals surface area contributed by atoms with Gasteiger partial charge in [-0.25, -0.2) is 0 Å². The molecule has 1 amide bonds. The first kappa shape index (κ1) is 27.4. The molecule has 0 aromatic heterocycles. The molecule has 8 heteroatoms. The molecule has 2 aliphatic heterocycles. The maximum atomic E-state index is 13.4. The summed E-state index contributed by atoms with van der Waals surface area (Å²) >= 11 is 0. The number of hydrogen-bond donors (Lipinski definition) is 1. The summed E-state index contributed by atoms with van der Waals surface area (Å²) in [5, 5.41) is 11.4. The van der Waals surface area contributed by atoms with Crippen molar-refractivity contribution >= 4 is 17.4 Å². The predicted molar refractivity (Wildman–Crippen MR) is 151 cm³/mol. The van der Waals surface area contributed by atoms with Crippen LogP contribution in [0.3, 0.4) is 0 Å². The Bertz CT molecular complexity index is 1350. The van der Waals surface area contributed by atoms with E-state index in [1.807, 2.05) is 61.5 Å². The zero-order valence-corrected chi connectivity index (χ0v) is 22.6. The van der Waals surface area contributed by atoms with Crippen LogP contribution in [0.5, 0.6) is 11.5 Å². The SMILES string of the molecule is CCOc1cccc(/C(O)=C2\C(=O)C(=O)N(CCN3CCOCC3)C2c2ccc(OCc3ccccc3)cc2)c1. The first-order chi connectivity index (χ1) is 19.5. The fourth-order valence-corrected chi connectivity index (χ4v) is 5.07. The molecule has 3 aromatic carbocycles. The van der Waals surface area contributed by atoms with E-state index < -0.39 is 17.7 Å². The van der Waals surface area contributed by atoms with Crippen molar-refractivity contribution in [2.45, 2.75) is 19.6 Å². The molecule has 2 saturated heterocycles. The molecule has 8 nitrogen and oxygen atoms in total. The number of nitrogens with zero attached hydrogens (tertiary/aromatic N) is 2. The van der Waals surface area contributed by atoms with Gasteiger partial charge in [-0.05, 0) is 42.3 Å². The quantitative estimate of drug-likeness (QED) is 0.231. The number of ketones is 1. The zero-order chi connectivity index (χ0) is 27.9. The highest BCUT2D eigenvalue weighted by molar-refractivity contribution is 6.46. The van der Waals surface area contributed by atoms with Gasteiger partial charge in [-0.15, -0.1) is 0 Å². The van der Waals surface area contributed by atoms with E-state index in [4.69, 9.17) is 14.2 Å². The largest absolute Gasteiger partial charge is 0.507 e. The van der Waals surface area contributed by atoms with E-state index in [2.05, 4.69) is 4.90 Å². The van der Waals surface area contributed by atoms with Crippen LogP contribution in [-0.2, 0) is 20.9 Å². The second-order valence-corrected chi connectivity index (χ2v) is 9.75. The van der Waals surface area contributed by atoms with Gasteiger partial charge in [0.15, 0.2) is 0 Å². The standard InChI is InChI=1S/C32H34N2O6/c1-2-39-27-10-6-9-25(21-27)30(35)28-29(34(32(37)31(28)36)16-15-33-17-19-38-20-18-33)24-11-13-26(14-12-24)40-22-23-7-4-3-5-8-23/h3-14,21,29,35H,2,15-20,22H2,1H3/b30-28+. The van der Waals surface area contributed by atoms with Gasteiger partial charge in [0, 0.05) is 31.7 Å². The average Bonchev–Trinajstić information content (AvgIpc) is 3.25. The minimum atomic E-state index is -0.736. The van der Waals surface area contributed by atoms with Crippen LogP contribution in [0.2, 0.25) is 0 Å². The van der Waals surface area contributed by atoms with Crippen molar-refractivity contribution < 1.29 is 28.9 Å². The van der Waals surface area contributed by atoms with Gasteiger partial charge < -0.3 is 24.2 Å². The van der Waals surface area contributed by atoms with Crippen molar-refractivity contribution in [1.82, 2.24) is 9.80 Å². The lowest BCUT2D eigenvalue weighted by atomic mass is 9.95. The third-order valence-corrected chi connectivity index (χ3v) is 7.16. The molecular formula is C32H34N2O6. The van der Waals surface area contributed by atoms with E-state index >= 15 is 0 Å². The summed E-state index contributed by atoms with van der Waals surface area (Å²) in [5.74, 6) is -0.295. The minimum Gasteiger partial charge on any atom is -0.507 e. The third kappa shape index (κ3) is 6.19. The number of carbonyl (C=O) groups is 2. The van der Waals surface area contributed by atoms with Crippen LogP contribution >= 0.6 is 0 Å². The van der Waals surface area contributed by atoms with Crippen molar-refractivity contribution in [2.75, 3.05) is 46.0 Å². The molecule has 1 N–H and O–H groups in total. The van der Waals surface area contributed by atoms with Crippen LogP contribution in [0.15, 0.2) is 84.4 Å². The number of Topliss-reactive ketones (excluding diaryl/α,β-unsaturated/α-hetero) is 1. The molecule has 0 saturated carbocycles. The number of carbonyl (C=O) groups excluding carboxylic acids is 2. The second-order valence-electron chi connectivity index (χ2n) is 9.75.